The molecule has 2 saturated heterocycles. The third-order valence-corrected chi connectivity index (χ3v) is 5.39. The second kappa shape index (κ2) is 9.23. The zero-order valence-electron chi connectivity index (χ0n) is 17.0. The highest BCUT2D eigenvalue weighted by molar-refractivity contribution is 6.03. The fourth-order valence-electron chi connectivity index (χ4n) is 3.92. The molecule has 1 N–H and O–H groups in total. The first-order valence-electron chi connectivity index (χ1n) is 9.57. The summed E-state index contributed by atoms with van der Waals surface area (Å²) in [6.07, 6.45) is 1.33. The molecule has 0 bridgehead atoms. The summed E-state index contributed by atoms with van der Waals surface area (Å²) in [6, 6.07) is 5.08. The van der Waals surface area contributed by atoms with E-state index in [0.717, 1.165) is 12.8 Å². The largest absolute Gasteiger partial charge is 0.495 e. The Kier molecular flexibility index (Phi) is 6.71. The van der Waals surface area contributed by atoms with Gasteiger partial charge in [-0.05, 0) is 31.0 Å². The lowest BCUT2D eigenvalue weighted by atomic mass is 9.95. The summed E-state index contributed by atoms with van der Waals surface area (Å²) in [7, 11) is 4.76. The van der Waals surface area contributed by atoms with E-state index in [9.17, 15) is 14.4 Å². The van der Waals surface area contributed by atoms with Gasteiger partial charge < -0.3 is 24.0 Å². The molecule has 0 aromatic heterocycles. The molecule has 0 saturated carbocycles. The highest BCUT2D eigenvalue weighted by atomic mass is 16.7. The maximum atomic E-state index is 13.0. The van der Waals surface area contributed by atoms with Crippen molar-refractivity contribution in [3.63, 3.8) is 0 Å². The SMILES string of the molecule is COc1ccc(C(=O)N2CCC(C(OC)OC)CC2)cc1N1CC(=O)NC(=O)C1. The Morgan fingerprint density at radius 3 is 2.24 bits per heavy atom. The molecule has 1 aromatic carbocycles. The number of hydrogen-bond acceptors (Lipinski definition) is 7. The molecule has 0 unspecified atom stereocenters. The maximum absolute atomic E-state index is 13.0. The summed E-state index contributed by atoms with van der Waals surface area (Å²) in [5.41, 5.74) is 1.04. The molecule has 0 aliphatic carbocycles. The van der Waals surface area contributed by atoms with Crippen LogP contribution < -0.4 is 15.0 Å². The number of piperidine rings is 1. The number of imide groups is 1. The van der Waals surface area contributed by atoms with Crippen LogP contribution in [0.25, 0.3) is 0 Å². The summed E-state index contributed by atoms with van der Waals surface area (Å²) < 4.78 is 16.1. The van der Waals surface area contributed by atoms with Crippen molar-refractivity contribution < 1.29 is 28.6 Å². The summed E-state index contributed by atoms with van der Waals surface area (Å²) in [4.78, 5) is 40.0. The molecule has 9 heteroatoms. The fourth-order valence-corrected chi connectivity index (χ4v) is 3.92. The Morgan fingerprint density at radius 1 is 1.07 bits per heavy atom. The van der Waals surface area contributed by atoms with E-state index in [4.69, 9.17) is 14.2 Å². The van der Waals surface area contributed by atoms with Gasteiger partial charge in [-0.15, -0.1) is 0 Å². The predicted molar refractivity (Wildman–Crippen MR) is 105 cm³/mol. The van der Waals surface area contributed by atoms with Crippen molar-refractivity contribution in [2.24, 2.45) is 5.92 Å². The molecule has 9 nitrogen and oxygen atoms in total. The summed E-state index contributed by atoms with van der Waals surface area (Å²) in [5, 5.41) is 2.27. The standard InChI is InChI=1S/C20H27N3O6/c1-27-16-5-4-14(10-15(16)23-11-17(24)21-18(25)12-23)19(26)22-8-6-13(7-9-22)20(28-2)29-3/h4-5,10,13,20H,6-9,11-12H2,1-3H3,(H,21,24,25). The number of likely N-dealkylation sites (tertiary alicyclic amines) is 1. The first kappa shape index (κ1) is 21.1. The maximum Gasteiger partial charge on any atom is 0.253 e. The van der Waals surface area contributed by atoms with Crippen LogP contribution in [0.2, 0.25) is 0 Å². The van der Waals surface area contributed by atoms with Gasteiger partial charge >= 0.3 is 0 Å². The number of rotatable bonds is 6. The van der Waals surface area contributed by atoms with Gasteiger partial charge in [0.05, 0.1) is 25.9 Å². The number of amides is 3. The van der Waals surface area contributed by atoms with Crippen LogP contribution in [0.3, 0.4) is 0 Å². The van der Waals surface area contributed by atoms with Crippen molar-refractivity contribution in [3.05, 3.63) is 23.8 Å². The molecule has 3 amide bonds. The van der Waals surface area contributed by atoms with Crippen LogP contribution in [0.1, 0.15) is 23.2 Å². The zero-order valence-corrected chi connectivity index (χ0v) is 17.0. The van der Waals surface area contributed by atoms with E-state index in [-0.39, 0.29) is 43.0 Å². The first-order valence-corrected chi connectivity index (χ1v) is 9.57. The van der Waals surface area contributed by atoms with Gasteiger partial charge in [-0.25, -0.2) is 0 Å². The number of anilines is 1. The topological polar surface area (TPSA) is 97.4 Å². The van der Waals surface area contributed by atoms with Gasteiger partial charge in [0.2, 0.25) is 11.8 Å². The number of carbonyl (C=O) groups is 3. The van der Waals surface area contributed by atoms with Gasteiger partial charge in [0, 0.05) is 38.8 Å². The van der Waals surface area contributed by atoms with Crippen molar-refractivity contribution in [1.82, 2.24) is 10.2 Å². The minimum Gasteiger partial charge on any atom is -0.495 e. The van der Waals surface area contributed by atoms with E-state index in [1.165, 1.54) is 7.11 Å². The predicted octanol–water partition coefficient (Wildman–Crippen LogP) is 0.629. The molecular weight excluding hydrogens is 378 g/mol. The molecular formula is C20H27N3O6. The minimum atomic E-state index is -0.382. The third-order valence-electron chi connectivity index (χ3n) is 5.39. The first-order chi connectivity index (χ1) is 14.0. The van der Waals surface area contributed by atoms with E-state index < -0.39 is 0 Å². The number of piperazine rings is 1. The Hall–Kier alpha value is -2.65. The van der Waals surface area contributed by atoms with Crippen LogP contribution in [-0.4, -0.2) is 76.4 Å². The smallest absolute Gasteiger partial charge is 0.253 e. The van der Waals surface area contributed by atoms with Gasteiger partial charge in [0.25, 0.3) is 5.91 Å². The number of nitrogens with zero attached hydrogens (tertiary/aromatic N) is 2. The molecule has 0 radical (unpaired) electrons. The van der Waals surface area contributed by atoms with E-state index in [2.05, 4.69) is 5.32 Å². The molecule has 2 fully saturated rings. The zero-order chi connectivity index (χ0) is 21.0. The van der Waals surface area contributed by atoms with E-state index >= 15 is 0 Å². The Balaban J connectivity index is 1.75. The van der Waals surface area contributed by atoms with Crippen molar-refractivity contribution >= 4 is 23.4 Å². The van der Waals surface area contributed by atoms with Gasteiger partial charge in [-0.2, -0.15) is 0 Å². The monoisotopic (exact) mass is 405 g/mol. The molecule has 2 aliphatic rings. The van der Waals surface area contributed by atoms with Crippen LogP contribution in [0.4, 0.5) is 5.69 Å². The van der Waals surface area contributed by atoms with Crippen LogP contribution in [0, 0.1) is 5.92 Å². The Morgan fingerprint density at radius 2 is 1.69 bits per heavy atom. The van der Waals surface area contributed by atoms with Crippen LogP contribution in [-0.2, 0) is 19.1 Å². The summed E-state index contributed by atoms with van der Waals surface area (Å²) >= 11 is 0. The average molecular weight is 405 g/mol. The van der Waals surface area contributed by atoms with Crippen LogP contribution in [0.15, 0.2) is 18.2 Å². The number of nitrogens with one attached hydrogen (secondary N) is 1. The lowest BCUT2D eigenvalue weighted by Crippen LogP contribution is -2.51. The van der Waals surface area contributed by atoms with Crippen LogP contribution >= 0.6 is 0 Å². The van der Waals surface area contributed by atoms with Crippen molar-refractivity contribution in [1.29, 1.82) is 0 Å². The number of methoxy groups -OCH3 is 3. The van der Waals surface area contributed by atoms with E-state index in [1.54, 1.807) is 42.2 Å². The van der Waals surface area contributed by atoms with E-state index in [0.29, 0.717) is 30.1 Å². The quantitative estimate of drug-likeness (QED) is 0.548. The van der Waals surface area contributed by atoms with Gasteiger partial charge in [-0.1, -0.05) is 0 Å². The number of carbonyl (C=O) groups excluding carboxylic acids is 3. The minimum absolute atomic E-state index is 0.0283. The fraction of sp³-hybridized carbons (Fsp3) is 0.550. The lowest BCUT2D eigenvalue weighted by Gasteiger charge is -2.35. The van der Waals surface area contributed by atoms with Gasteiger partial charge in [0.15, 0.2) is 6.29 Å². The molecule has 0 spiro atoms. The molecule has 2 heterocycles. The van der Waals surface area contributed by atoms with Gasteiger partial charge in [-0.3, -0.25) is 19.7 Å². The van der Waals surface area contributed by atoms with Crippen molar-refractivity contribution in [3.8, 4) is 5.75 Å². The highest BCUT2D eigenvalue weighted by Gasteiger charge is 2.30. The molecule has 29 heavy (non-hydrogen) atoms. The van der Waals surface area contributed by atoms with E-state index in [1.807, 2.05) is 0 Å². The Labute approximate surface area is 169 Å². The average Bonchev–Trinajstić information content (AvgIpc) is 2.73. The molecule has 158 valence electrons. The molecule has 3 rings (SSSR count). The third kappa shape index (κ3) is 4.68. The number of benzene rings is 1. The normalized spacial score (nSPS) is 18.2. The summed E-state index contributed by atoms with van der Waals surface area (Å²) in [5.74, 6) is -0.100. The molecule has 2 aliphatic heterocycles. The number of ether oxygens (including phenoxy) is 3. The molecule has 1 aromatic rings. The van der Waals surface area contributed by atoms with Crippen LogP contribution in [0.5, 0.6) is 5.75 Å². The lowest BCUT2D eigenvalue weighted by molar-refractivity contribution is -0.145. The second-order valence-electron chi connectivity index (χ2n) is 7.18. The highest BCUT2D eigenvalue weighted by Crippen LogP contribution is 2.31. The molecule has 0 atom stereocenters. The Bertz CT molecular complexity index is 755. The summed E-state index contributed by atoms with van der Waals surface area (Å²) in [6.45, 7) is 1.28. The van der Waals surface area contributed by atoms with Crippen molar-refractivity contribution in [2.75, 3.05) is 52.4 Å². The van der Waals surface area contributed by atoms with Gasteiger partial charge in [0.1, 0.15) is 5.75 Å². The number of hydrogen-bond donors (Lipinski definition) is 1. The second-order valence-corrected chi connectivity index (χ2v) is 7.18. The van der Waals surface area contributed by atoms with Crippen molar-refractivity contribution in [2.45, 2.75) is 19.1 Å².